The lowest BCUT2D eigenvalue weighted by molar-refractivity contribution is -0.121. The molecule has 3 aromatic carbocycles. The highest BCUT2D eigenvalue weighted by molar-refractivity contribution is 9.10. The molecule has 1 heterocycles. The summed E-state index contributed by atoms with van der Waals surface area (Å²) in [6.45, 7) is 2.69. The van der Waals surface area contributed by atoms with E-state index < -0.39 is 12.1 Å². The van der Waals surface area contributed by atoms with E-state index in [2.05, 4.69) is 54.5 Å². The van der Waals surface area contributed by atoms with Crippen LogP contribution in [0.5, 0.6) is 0 Å². The number of hydrazone groups is 1. The summed E-state index contributed by atoms with van der Waals surface area (Å²) in [5, 5.41) is 7.99. The molecule has 0 saturated heterocycles. The number of amides is 2. The van der Waals surface area contributed by atoms with Crippen LogP contribution in [0.1, 0.15) is 36.1 Å². The molecule has 8 heteroatoms. The average molecular weight is 547 g/mol. The minimum absolute atomic E-state index is 0.0193. The maximum atomic E-state index is 12.7. The van der Waals surface area contributed by atoms with Gasteiger partial charge in [-0.1, -0.05) is 76.6 Å². The van der Waals surface area contributed by atoms with Gasteiger partial charge in [0.25, 0.3) is 0 Å². The molecule has 0 spiro atoms. The molecule has 0 aliphatic rings. The molecule has 0 saturated carbocycles. The molecule has 184 valence electrons. The van der Waals surface area contributed by atoms with Crippen LogP contribution in [-0.4, -0.2) is 29.4 Å². The molecule has 36 heavy (non-hydrogen) atoms. The third-order valence-electron chi connectivity index (χ3n) is 5.64. The number of aromatic nitrogens is 1. The largest absolute Gasteiger partial charge is 0.450 e. The summed E-state index contributed by atoms with van der Waals surface area (Å²) in [5.74, 6) is -0.324. The second-order valence-electron chi connectivity index (χ2n) is 8.18. The molecule has 0 aliphatic carbocycles. The van der Waals surface area contributed by atoms with Gasteiger partial charge < -0.3 is 14.6 Å². The SMILES string of the molecule is CCOC(=O)N[C@@H](CC(=O)N/N=C\c1cn(Cc2ccc(Br)cc2)c2ccccc12)c1ccccc1. The number of hydrogen-bond acceptors (Lipinski definition) is 4. The number of halogens is 1. The monoisotopic (exact) mass is 546 g/mol. The van der Waals surface area contributed by atoms with Gasteiger partial charge in [0, 0.05) is 33.7 Å². The van der Waals surface area contributed by atoms with Crippen LogP contribution in [0.2, 0.25) is 0 Å². The van der Waals surface area contributed by atoms with Crippen molar-refractivity contribution in [3.63, 3.8) is 0 Å². The number of hydrogen-bond donors (Lipinski definition) is 2. The van der Waals surface area contributed by atoms with Crippen molar-refractivity contribution in [3.05, 3.63) is 106 Å². The quantitative estimate of drug-likeness (QED) is 0.206. The summed E-state index contributed by atoms with van der Waals surface area (Å²) in [4.78, 5) is 24.7. The number of para-hydroxylation sites is 1. The summed E-state index contributed by atoms with van der Waals surface area (Å²) >= 11 is 3.48. The highest BCUT2D eigenvalue weighted by Gasteiger charge is 2.19. The first-order valence-corrected chi connectivity index (χ1v) is 12.4. The number of rotatable bonds is 9. The molecule has 1 aromatic heterocycles. The number of nitrogens with one attached hydrogen (secondary N) is 2. The first-order valence-electron chi connectivity index (χ1n) is 11.7. The molecule has 0 bridgehead atoms. The van der Waals surface area contributed by atoms with Crippen molar-refractivity contribution in [2.45, 2.75) is 25.9 Å². The molecule has 2 N–H and O–H groups in total. The van der Waals surface area contributed by atoms with E-state index in [0.29, 0.717) is 6.54 Å². The molecule has 0 unspecified atom stereocenters. The number of carbonyl (C=O) groups is 2. The number of nitrogens with zero attached hydrogens (tertiary/aromatic N) is 2. The maximum absolute atomic E-state index is 12.7. The molecule has 4 aromatic rings. The predicted molar refractivity (Wildman–Crippen MR) is 145 cm³/mol. The van der Waals surface area contributed by atoms with Gasteiger partial charge in [-0.2, -0.15) is 5.10 Å². The maximum Gasteiger partial charge on any atom is 0.407 e. The minimum atomic E-state index is -0.568. The normalized spacial score (nSPS) is 11.9. The predicted octanol–water partition coefficient (Wildman–Crippen LogP) is 5.78. The lowest BCUT2D eigenvalue weighted by atomic mass is 10.0. The standard InChI is InChI=1S/C28H27BrN4O3/c1-2-36-28(35)31-25(21-8-4-3-5-9-21)16-27(34)32-30-17-22-19-33(26-11-7-6-10-24(22)26)18-20-12-14-23(29)15-13-20/h3-15,17,19,25H,2,16,18H2,1H3,(H,31,35)(H,32,34)/b30-17-/t25-/m0/s1. The zero-order valence-corrected chi connectivity index (χ0v) is 21.4. The van der Waals surface area contributed by atoms with E-state index in [9.17, 15) is 9.59 Å². The summed E-state index contributed by atoms with van der Waals surface area (Å²) in [6, 6.07) is 25.1. The molecule has 7 nitrogen and oxygen atoms in total. The van der Waals surface area contributed by atoms with Crippen LogP contribution in [0.3, 0.4) is 0 Å². The number of benzene rings is 3. The summed E-state index contributed by atoms with van der Waals surface area (Å²) in [5.41, 5.74) is 6.55. The van der Waals surface area contributed by atoms with Crippen molar-refractivity contribution in [2.75, 3.05) is 6.61 Å². The van der Waals surface area contributed by atoms with Gasteiger partial charge >= 0.3 is 6.09 Å². The van der Waals surface area contributed by atoms with E-state index in [0.717, 1.165) is 26.5 Å². The second-order valence-corrected chi connectivity index (χ2v) is 9.10. The van der Waals surface area contributed by atoms with E-state index in [1.807, 2.05) is 66.9 Å². The van der Waals surface area contributed by atoms with Gasteiger partial charge in [-0.15, -0.1) is 0 Å². The molecular formula is C28H27BrN4O3. The summed E-state index contributed by atoms with van der Waals surface area (Å²) in [7, 11) is 0. The van der Waals surface area contributed by atoms with Gasteiger partial charge in [0.2, 0.25) is 5.91 Å². The Labute approximate surface area is 218 Å². The van der Waals surface area contributed by atoms with Crippen LogP contribution >= 0.6 is 15.9 Å². The Morgan fingerprint density at radius 1 is 1.03 bits per heavy atom. The van der Waals surface area contributed by atoms with Crippen molar-refractivity contribution in [1.82, 2.24) is 15.3 Å². The minimum Gasteiger partial charge on any atom is -0.450 e. The Kier molecular flexibility index (Phi) is 8.52. The topological polar surface area (TPSA) is 84.7 Å². The lowest BCUT2D eigenvalue weighted by Crippen LogP contribution is -2.33. The summed E-state index contributed by atoms with van der Waals surface area (Å²) < 4.78 is 8.19. The van der Waals surface area contributed by atoms with Gasteiger partial charge in [-0.25, -0.2) is 10.2 Å². The van der Waals surface area contributed by atoms with Crippen LogP contribution in [-0.2, 0) is 16.1 Å². The Morgan fingerprint density at radius 3 is 2.50 bits per heavy atom. The Balaban J connectivity index is 1.46. The molecule has 0 radical (unpaired) electrons. The third kappa shape index (κ3) is 6.60. The van der Waals surface area contributed by atoms with Crippen molar-refractivity contribution < 1.29 is 14.3 Å². The van der Waals surface area contributed by atoms with Crippen LogP contribution in [0, 0.1) is 0 Å². The average Bonchev–Trinajstić information content (AvgIpc) is 3.23. The van der Waals surface area contributed by atoms with E-state index in [1.54, 1.807) is 13.1 Å². The van der Waals surface area contributed by atoms with Crippen LogP contribution in [0.25, 0.3) is 10.9 Å². The van der Waals surface area contributed by atoms with Gasteiger partial charge in [-0.05, 0) is 36.2 Å². The zero-order valence-electron chi connectivity index (χ0n) is 19.9. The van der Waals surface area contributed by atoms with E-state index >= 15 is 0 Å². The van der Waals surface area contributed by atoms with Crippen molar-refractivity contribution in [2.24, 2.45) is 5.10 Å². The summed E-state index contributed by atoms with van der Waals surface area (Å²) in [6.07, 6.45) is 3.12. The van der Waals surface area contributed by atoms with Gasteiger partial charge in [0.15, 0.2) is 0 Å². The molecule has 1 atom stereocenters. The number of carbonyl (C=O) groups excluding carboxylic acids is 2. The van der Waals surface area contributed by atoms with Crippen molar-refractivity contribution in [1.29, 1.82) is 0 Å². The Morgan fingerprint density at radius 2 is 1.75 bits per heavy atom. The fourth-order valence-corrected chi connectivity index (χ4v) is 4.22. The first-order chi connectivity index (χ1) is 17.5. The van der Waals surface area contributed by atoms with Crippen LogP contribution < -0.4 is 10.7 Å². The van der Waals surface area contributed by atoms with Crippen molar-refractivity contribution in [3.8, 4) is 0 Å². The highest BCUT2D eigenvalue weighted by Crippen LogP contribution is 2.22. The van der Waals surface area contributed by atoms with Gasteiger partial charge in [0.1, 0.15) is 0 Å². The number of ether oxygens (including phenoxy) is 1. The van der Waals surface area contributed by atoms with Crippen molar-refractivity contribution >= 4 is 45.0 Å². The van der Waals surface area contributed by atoms with Crippen LogP contribution in [0.4, 0.5) is 4.79 Å². The van der Waals surface area contributed by atoms with E-state index in [1.165, 1.54) is 5.56 Å². The third-order valence-corrected chi connectivity index (χ3v) is 6.17. The Bertz CT molecular complexity index is 1350. The molecule has 2 amide bonds. The smallest absolute Gasteiger partial charge is 0.407 e. The fraction of sp³-hybridized carbons (Fsp3) is 0.179. The molecule has 4 rings (SSSR count). The first kappa shape index (κ1) is 25.2. The molecule has 0 fully saturated rings. The van der Waals surface area contributed by atoms with Crippen LogP contribution in [0.15, 0.2) is 94.6 Å². The number of alkyl carbamates (subject to hydrolysis) is 1. The van der Waals surface area contributed by atoms with E-state index in [4.69, 9.17) is 4.74 Å². The molecule has 0 aliphatic heterocycles. The van der Waals surface area contributed by atoms with Gasteiger partial charge in [-0.3, -0.25) is 4.79 Å². The number of fused-ring (bicyclic) bond motifs is 1. The fourth-order valence-electron chi connectivity index (χ4n) is 3.95. The van der Waals surface area contributed by atoms with E-state index in [-0.39, 0.29) is 18.9 Å². The zero-order chi connectivity index (χ0) is 25.3. The highest BCUT2D eigenvalue weighted by atomic mass is 79.9. The second kappa shape index (κ2) is 12.2. The molecular weight excluding hydrogens is 520 g/mol. The lowest BCUT2D eigenvalue weighted by Gasteiger charge is -2.18. The van der Waals surface area contributed by atoms with Gasteiger partial charge in [0.05, 0.1) is 25.3 Å². The Hall–Kier alpha value is -3.91.